The molecule has 0 radical (unpaired) electrons. The smallest absolute Gasteiger partial charge is 0.219 e. The monoisotopic (exact) mass is 512 g/mol. The van der Waals surface area contributed by atoms with Gasteiger partial charge in [0.05, 0.1) is 19.6 Å². The Balaban J connectivity index is 1.68. The van der Waals surface area contributed by atoms with Crippen LogP contribution in [0, 0.1) is 0 Å². The molecule has 0 atom stereocenters. The maximum absolute atomic E-state index is 13.3. The lowest BCUT2D eigenvalue weighted by Gasteiger charge is -2.26. The lowest BCUT2D eigenvalue weighted by Crippen LogP contribution is -2.35. The first-order valence-corrected chi connectivity index (χ1v) is 15.5. The molecule has 0 spiro atoms. The maximum Gasteiger partial charge on any atom is 0.243 e. The number of benzene rings is 2. The van der Waals surface area contributed by atoms with Crippen molar-refractivity contribution in [2.75, 3.05) is 26.2 Å². The zero-order valence-electron chi connectivity index (χ0n) is 18.3. The predicted octanol–water partition coefficient (Wildman–Crippen LogP) is 2.87. The van der Waals surface area contributed by atoms with Gasteiger partial charge in [-0.1, -0.05) is 25.0 Å². The van der Waals surface area contributed by atoms with Crippen molar-refractivity contribution in [3.63, 3.8) is 0 Å². The highest BCUT2D eigenvalue weighted by Crippen LogP contribution is 2.28. The summed E-state index contributed by atoms with van der Waals surface area (Å²) in [5, 5.41) is 0. The molecule has 2 saturated heterocycles. The van der Waals surface area contributed by atoms with E-state index in [0.717, 1.165) is 50.7 Å². The second-order valence-corrected chi connectivity index (χ2v) is 14.2. The maximum atomic E-state index is 13.3. The van der Waals surface area contributed by atoms with Crippen LogP contribution in [0.25, 0.3) is 0 Å². The molecule has 0 saturated carbocycles. The van der Waals surface area contributed by atoms with Gasteiger partial charge in [0, 0.05) is 26.2 Å². The number of rotatable bonds is 6. The minimum Gasteiger partial charge on any atom is -0.219 e. The topological polar surface area (TPSA) is 109 Å². The minimum atomic E-state index is -4.13. The van der Waals surface area contributed by atoms with Crippen LogP contribution in [0.15, 0.2) is 68.1 Å². The Morgan fingerprint density at radius 3 is 1.18 bits per heavy atom. The Morgan fingerprint density at radius 2 is 0.818 bits per heavy atom. The van der Waals surface area contributed by atoms with Crippen LogP contribution in [0.1, 0.15) is 38.5 Å². The van der Waals surface area contributed by atoms with E-state index in [9.17, 15) is 25.3 Å². The highest BCUT2D eigenvalue weighted by atomic mass is 32.2. The summed E-state index contributed by atoms with van der Waals surface area (Å²) in [6.45, 7) is 1.65. The highest BCUT2D eigenvalue weighted by Gasteiger charge is 2.30. The van der Waals surface area contributed by atoms with Gasteiger partial charge in [-0.25, -0.2) is 25.3 Å². The second-order valence-electron chi connectivity index (χ2n) is 8.38. The normalized spacial score (nSPS) is 19.4. The number of sulfonamides is 2. The third-order valence-corrected chi connectivity index (χ3v) is 11.7. The van der Waals surface area contributed by atoms with E-state index < -0.39 is 29.9 Å². The summed E-state index contributed by atoms with van der Waals surface area (Å²) in [6.07, 6.45) is 5.03. The Hall–Kier alpha value is -1.79. The highest BCUT2D eigenvalue weighted by molar-refractivity contribution is 7.92. The fourth-order valence-electron chi connectivity index (χ4n) is 4.25. The van der Waals surface area contributed by atoms with Gasteiger partial charge in [0.25, 0.3) is 0 Å². The number of nitrogens with zero attached hydrogens (tertiary/aromatic N) is 2. The van der Waals surface area contributed by atoms with E-state index in [1.807, 2.05) is 0 Å². The molecule has 8 nitrogen and oxygen atoms in total. The van der Waals surface area contributed by atoms with Gasteiger partial charge in [0.15, 0.2) is 0 Å². The van der Waals surface area contributed by atoms with E-state index in [2.05, 4.69) is 0 Å². The van der Waals surface area contributed by atoms with E-state index in [4.69, 9.17) is 0 Å². The first kappa shape index (κ1) is 24.3. The molecule has 33 heavy (non-hydrogen) atoms. The fourth-order valence-corrected chi connectivity index (χ4v) is 8.88. The first-order chi connectivity index (χ1) is 15.6. The molecule has 180 valence electrons. The third kappa shape index (κ3) is 4.88. The van der Waals surface area contributed by atoms with Crippen LogP contribution in [-0.4, -0.2) is 60.0 Å². The number of piperidine rings is 2. The van der Waals surface area contributed by atoms with Crippen LogP contribution >= 0.6 is 0 Å². The van der Waals surface area contributed by atoms with E-state index >= 15 is 0 Å². The first-order valence-electron chi connectivity index (χ1n) is 11.1. The van der Waals surface area contributed by atoms with Crippen molar-refractivity contribution in [2.45, 2.75) is 58.1 Å². The van der Waals surface area contributed by atoms with Gasteiger partial charge in [-0.3, -0.25) is 0 Å². The molecule has 2 aliphatic heterocycles. The Morgan fingerprint density at radius 1 is 0.485 bits per heavy atom. The van der Waals surface area contributed by atoms with Gasteiger partial charge in [-0.15, -0.1) is 0 Å². The molecule has 0 unspecified atom stereocenters. The molecule has 0 aromatic heterocycles. The van der Waals surface area contributed by atoms with Gasteiger partial charge < -0.3 is 0 Å². The van der Waals surface area contributed by atoms with Crippen molar-refractivity contribution in [2.24, 2.45) is 0 Å². The van der Waals surface area contributed by atoms with Crippen LogP contribution in [0.5, 0.6) is 0 Å². The van der Waals surface area contributed by atoms with Crippen molar-refractivity contribution in [1.29, 1.82) is 0 Å². The Labute approximate surface area is 196 Å². The summed E-state index contributed by atoms with van der Waals surface area (Å²) < 4.78 is 81.5. The molecule has 0 aliphatic carbocycles. The summed E-state index contributed by atoms with van der Waals surface area (Å²) in [4.78, 5) is -0.536. The number of sulfone groups is 1. The Bertz CT molecular complexity index is 1230. The third-order valence-electron chi connectivity index (χ3n) is 6.14. The van der Waals surface area contributed by atoms with Crippen molar-refractivity contribution < 1.29 is 25.3 Å². The van der Waals surface area contributed by atoms with Crippen LogP contribution in [0.4, 0.5) is 0 Å². The summed E-state index contributed by atoms with van der Waals surface area (Å²) in [7, 11) is -11.7. The average molecular weight is 513 g/mol. The second kappa shape index (κ2) is 9.46. The standard InChI is InChI=1S/C22H28N2O6S3/c25-31(26,19-9-7-11-21(17-19)32(27,28)23-13-3-1-4-14-23)20-10-8-12-22(18-20)33(29,30)24-15-5-2-6-16-24/h7-12,17-18H,1-6,13-16H2. The molecule has 2 aromatic rings. The van der Waals surface area contributed by atoms with E-state index in [1.54, 1.807) is 0 Å². The summed E-state index contributed by atoms with van der Waals surface area (Å²) in [5.41, 5.74) is 0. The van der Waals surface area contributed by atoms with Crippen LogP contribution in [0.3, 0.4) is 0 Å². The SMILES string of the molecule is O=S(=O)(c1cccc(S(=O)(=O)N2CCCCC2)c1)c1cccc(S(=O)(=O)N2CCCCC2)c1. The molecule has 0 N–H and O–H groups in total. The predicted molar refractivity (Wildman–Crippen MR) is 124 cm³/mol. The molecule has 0 amide bonds. The molecule has 2 aliphatic rings. The van der Waals surface area contributed by atoms with Crippen LogP contribution < -0.4 is 0 Å². The number of hydrogen-bond donors (Lipinski definition) is 0. The van der Waals surface area contributed by atoms with Crippen LogP contribution in [-0.2, 0) is 29.9 Å². The largest absolute Gasteiger partial charge is 0.243 e. The van der Waals surface area contributed by atoms with E-state index in [-0.39, 0.29) is 19.6 Å². The van der Waals surface area contributed by atoms with Crippen molar-refractivity contribution in [1.82, 2.24) is 8.61 Å². The molecular weight excluding hydrogens is 484 g/mol. The minimum absolute atomic E-state index is 0.0810. The molecule has 4 rings (SSSR count). The molecule has 2 heterocycles. The van der Waals surface area contributed by atoms with E-state index in [1.165, 1.54) is 45.0 Å². The van der Waals surface area contributed by atoms with Gasteiger partial charge in [0.2, 0.25) is 29.9 Å². The van der Waals surface area contributed by atoms with Gasteiger partial charge >= 0.3 is 0 Å². The Kier molecular flexibility index (Phi) is 6.97. The molecule has 0 bridgehead atoms. The number of hydrogen-bond acceptors (Lipinski definition) is 6. The summed E-state index contributed by atoms with van der Waals surface area (Å²) >= 11 is 0. The van der Waals surface area contributed by atoms with Crippen molar-refractivity contribution in [3.8, 4) is 0 Å². The van der Waals surface area contributed by atoms with Crippen LogP contribution in [0.2, 0.25) is 0 Å². The lowest BCUT2D eigenvalue weighted by molar-refractivity contribution is 0.346. The molecule has 2 fully saturated rings. The summed E-state index contributed by atoms with van der Waals surface area (Å²) in [6, 6.07) is 10.6. The molecule has 11 heteroatoms. The zero-order chi connectivity index (χ0) is 23.7. The zero-order valence-corrected chi connectivity index (χ0v) is 20.7. The van der Waals surface area contributed by atoms with E-state index in [0.29, 0.717) is 26.2 Å². The summed E-state index contributed by atoms with van der Waals surface area (Å²) in [5.74, 6) is 0. The fraction of sp³-hybridized carbons (Fsp3) is 0.455. The average Bonchev–Trinajstić information content (AvgIpc) is 2.85. The molecular formula is C22H28N2O6S3. The van der Waals surface area contributed by atoms with Gasteiger partial charge in [-0.05, 0) is 62.1 Å². The van der Waals surface area contributed by atoms with Crippen molar-refractivity contribution >= 4 is 29.9 Å². The van der Waals surface area contributed by atoms with Gasteiger partial charge in [0.1, 0.15) is 0 Å². The lowest BCUT2D eigenvalue weighted by atomic mass is 10.2. The molecule has 2 aromatic carbocycles. The quantitative estimate of drug-likeness (QED) is 0.589. The van der Waals surface area contributed by atoms with Crippen molar-refractivity contribution in [3.05, 3.63) is 48.5 Å². The van der Waals surface area contributed by atoms with Gasteiger partial charge in [-0.2, -0.15) is 8.61 Å².